The second kappa shape index (κ2) is 9.02. The van der Waals surface area contributed by atoms with E-state index in [-0.39, 0.29) is 17.6 Å². The number of hydrogen-bond donors (Lipinski definition) is 2. The highest BCUT2D eigenvalue weighted by molar-refractivity contribution is 7.99. The number of tetrazole rings is 1. The number of carbonyl (C=O) groups is 2. The third-order valence-electron chi connectivity index (χ3n) is 3.15. The summed E-state index contributed by atoms with van der Waals surface area (Å²) in [6.07, 6.45) is 3.38. The zero-order valence-corrected chi connectivity index (χ0v) is 14.5. The summed E-state index contributed by atoms with van der Waals surface area (Å²) in [4.78, 5) is 22.4. The van der Waals surface area contributed by atoms with Crippen LogP contribution in [0.25, 0.3) is 5.69 Å². The number of hydrazine groups is 1. The van der Waals surface area contributed by atoms with Gasteiger partial charge in [-0.1, -0.05) is 37.2 Å². The van der Waals surface area contributed by atoms with E-state index in [0.29, 0.717) is 5.16 Å². The monoisotopic (exact) mass is 348 g/mol. The molecule has 2 rings (SSSR count). The van der Waals surface area contributed by atoms with Gasteiger partial charge < -0.3 is 0 Å². The van der Waals surface area contributed by atoms with E-state index in [1.165, 1.54) is 24.2 Å². The first-order valence-corrected chi connectivity index (χ1v) is 8.64. The van der Waals surface area contributed by atoms with Crippen LogP contribution in [0.15, 0.2) is 29.4 Å². The van der Waals surface area contributed by atoms with Gasteiger partial charge in [-0.2, -0.15) is 4.68 Å². The third-order valence-corrected chi connectivity index (χ3v) is 4.07. The highest BCUT2D eigenvalue weighted by Crippen LogP contribution is 2.18. The minimum atomic E-state index is -0.334. The molecule has 0 aliphatic heterocycles. The molecule has 0 bridgehead atoms. The summed E-state index contributed by atoms with van der Waals surface area (Å²) in [5, 5.41) is 12.1. The Morgan fingerprint density at radius 2 is 1.96 bits per heavy atom. The zero-order valence-electron chi connectivity index (χ0n) is 13.7. The molecule has 2 aromatic rings. The molecule has 8 nitrogen and oxygen atoms in total. The van der Waals surface area contributed by atoms with Crippen LogP contribution in [-0.4, -0.2) is 37.8 Å². The van der Waals surface area contributed by atoms with Crippen molar-refractivity contribution in [3.63, 3.8) is 0 Å². The number of benzene rings is 1. The number of nitrogens with zero attached hydrogens (tertiary/aromatic N) is 4. The average molecular weight is 348 g/mol. The molecule has 0 fully saturated rings. The number of nitrogens with one attached hydrogen (secondary N) is 2. The largest absolute Gasteiger partial charge is 0.274 e. The molecule has 0 unspecified atom stereocenters. The Morgan fingerprint density at radius 3 is 2.62 bits per heavy atom. The van der Waals surface area contributed by atoms with Crippen molar-refractivity contribution in [1.29, 1.82) is 0 Å². The maximum atomic E-state index is 11.6. The summed E-state index contributed by atoms with van der Waals surface area (Å²) in [5.74, 6) is -0.573. The first-order chi connectivity index (χ1) is 11.6. The minimum Gasteiger partial charge on any atom is -0.274 e. The second-order valence-electron chi connectivity index (χ2n) is 5.16. The number of unbranched alkanes of at least 4 members (excludes halogenated alkanes) is 1. The van der Waals surface area contributed by atoms with E-state index in [0.717, 1.165) is 24.9 Å². The average Bonchev–Trinajstić information content (AvgIpc) is 3.05. The molecule has 9 heteroatoms. The molecule has 0 aliphatic carbocycles. The minimum absolute atomic E-state index is 0.0925. The predicted octanol–water partition coefficient (Wildman–Crippen LogP) is 1.26. The lowest BCUT2D eigenvalue weighted by Crippen LogP contribution is -2.41. The van der Waals surface area contributed by atoms with E-state index < -0.39 is 0 Å². The number of hydrogen-bond acceptors (Lipinski definition) is 6. The fourth-order valence-corrected chi connectivity index (χ4v) is 2.63. The maximum absolute atomic E-state index is 11.6. The van der Waals surface area contributed by atoms with Gasteiger partial charge in [0.25, 0.3) is 0 Å². The van der Waals surface area contributed by atoms with E-state index in [9.17, 15) is 9.59 Å². The number of thioether (sulfide) groups is 1. The van der Waals surface area contributed by atoms with Crippen molar-refractivity contribution >= 4 is 23.6 Å². The summed E-state index contributed by atoms with van der Waals surface area (Å²) in [7, 11) is 0. The highest BCUT2D eigenvalue weighted by Gasteiger charge is 2.11. The van der Waals surface area contributed by atoms with Gasteiger partial charge in [-0.25, -0.2) is 0 Å². The summed E-state index contributed by atoms with van der Waals surface area (Å²) in [6, 6.07) is 8.04. The summed E-state index contributed by atoms with van der Waals surface area (Å²) in [6.45, 7) is 3.49. The summed E-state index contributed by atoms with van der Waals surface area (Å²) >= 11 is 1.19. The highest BCUT2D eigenvalue weighted by atomic mass is 32.2. The molecule has 128 valence electrons. The van der Waals surface area contributed by atoms with Crippen LogP contribution in [-0.2, 0) is 16.0 Å². The van der Waals surface area contributed by atoms with Crippen LogP contribution in [0.2, 0.25) is 0 Å². The lowest BCUT2D eigenvalue weighted by molar-refractivity contribution is -0.126. The molecule has 0 saturated carbocycles. The Labute approximate surface area is 144 Å². The summed E-state index contributed by atoms with van der Waals surface area (Å²) < 4.78 is 1.58. The zero-order chi connectivity index (χ0) is 17.4. The SMILES string of the molecule is CCCCc1ccc(-n2nnnc2SCC(=O)NNC(C)=O)cc1. The number of aryl methyl sites for hydroxylation is 1. The standard InChI is InChI=1S/C15H20N6O2S/c1-3-4-5-12-6-8-13(9-7-12)21-15(18-19-20-21)24-10-14(23)17-16-11(2)22/h6-9H,3-5,10H2,1-2H3,(H,16,22)(H,17,23). The van der Waals surface area contributed by atoms with Gasteiger partial charge in [0.2, 0.25) is 17.0 Å². The van der Waals surface area contributed by atoms with Gasteiger partial charge in [-0.05, 0) is 41.0 Å². The van der Waals surface area contributed by atoms with Crippen LogP contribution < -0.4 is 10.9 Å². The van der Waals surface area contributed by atoms with Crippen molar-refractivity contribution in [3.8, 4) is 5.69 Å². The normalized spacial score (nSPS) is 10.4. The molecule has 1 aromatic carbocycles. The van der Waals surface area contributed by atoms with Crippen LogP contribution in [0.5, 0.6) is 0 Å². The molecule has 2 N–H and O–H groups in total. The molecule has 1 aromatic heterocycles. The lowest BCUT2D eigenvalue weighted by Gasteiger charge is -2.06. The van der Waals surface area contributed by atoms with Crippen LogP contribution in [0, 0.1) is 0 Å². The number of rotatable bonds is 7. The van der Waals surface area contributed by atoms with E-state index in [1.54, 1.807) is 4.68 Å². The van der Waals surface area contributed by atoms with Gasteiger partial charge in [0, 0.05) is 6.92 Å². The molecular weight excluding hydrogens is 328 g/mol. The van der Waals surface area contributed by atoms with Crippen molar-refractivity contribution in [3.05, 3.63) is 29.8 Å². The van der Waals surface area contributed by atoms with Crippen LogP contribution in [0.1, 0.15) is 32.3 Å². The third kappa shape index (κ3) is 5.34. The quantitative estimate of drug-likeness (QED) is 0.577. The van der Waals surface area contributed by atoms with E-state index in [1.807, 2.05) is 12.1 Å². The van der Waals surface area contributed by atoms with Crippen molar-refractivity contribution in [1.82, 2.24) is 31.1 Å². The topological polar surface area (TPSA) is 102 Å². The molecule has 0 atom stereocenters. The van der Waals surface area contributed by atoms with Crippen LogP contribution >= 0.6 is 11.8 Å². The fourth-order valence-electron chi connectivity index (χ4n) is 1.94. The van der Waals surface area contributed by atoms with Gasteiger partial charge >= 0.3 is 0 Å². The number of aromatic nitrogens is 4. The Bertz CT molecular complexity index is 686. The molecule has 0 aliphatic rings. The second-order valence-corrected chi connectivity index (χ2v) is 6.10. The van der Waals surface area contributed by atoms with Crippen molar-refractivity contribution in [2.75, 3.05) is 5.75 Å². The van der Waals surface area contributed by atoms with Crippen molar-refractivity contribution in [2.45, 2.75) is 38.3 Å². The molecular formula is C15H20N6O2S. The lowest BCUT2D eigenvalue weighted by atomic mass is 10.1. The van der Waals surface area contributed by atoms with Crippen molar-refractivity contribution < 1.29 is 9.59 Å². The Balaban J connectivity index is 1.97. The van der Waals surface area contributed by atoms with E-state index in [4.69, 9.17) is 0 Å². The molecule has 2 amide bonds. The van der Waals surface area contributed by atoms with E-state index in [2.05, 4.69) is 45.4 Å². The van der Waals surface area contributed by atoms with Gasteiger partial charge in [-0.3, -0.25) is 20.4 Å². The van der Waals surface area contributed by atoms with Gasteiger partial charge in [0.1, 0.15) is 0 Å². The maximum Gasteiger partial charge on any atom is 0.248 e. The first kappa shape index (κ1) is 17.9. The molecule has 0 spiro atoms. The molecule has 0 saturated heterocycles. The smallest absolute Gasteiger partial charge is 0.248 e. The Morgan fingerprint density at radius 1 is 1.21 bits per heavy atom. The van der Waals surface area contributed by atoms with Gasteiger partial charge in [-0.15, -0.1) is 5.10 Å². The summed E-state index contributed by atoms with van der Waals surface area (Å²) in [5.41, 5.74) is 6.64. The predicted molar refractivity (Wildman–Crippen MR) is 90.4 cm³/mol. The molecule has 1 heterocycles. The van der Waals surface area contributed by atoms with Gasteiger partial charge in [0.05, 0.1) is 11.4 Å². The van der Waals surface area contributed by atoms with Crippen LogP contribution in [0.3, 0.4) is 0 Å². The Kier molecular flexibility index (Phi) is 6.74. The van der Waals surface area contributed by atoms with Gasteiger partial charge in [0.15, 0.2) is 0 Å². The fraction of sp³-hybridized carbons (Fsp3) is 0.400. The van der Waals surface area contributed by atoms with Crippen molar-refractivity contribution in [2.24, 2.45) is 0 Å². The van der Waals surface area contributed by atoms with E-state index >= 15 is 0 Å². The molecule has 24 heavy (non-hydrogen) atoms. The number of carbonyl (C=O) groups excluding carboxylic acids is 2. The Hall–Kier alpha value is -2.42. The molecule has 0 radical (unpaired) electrons. The number of amides is 2. The first-order valence-electron chi connectivity index (χ1n) is 7.66. The van der Waals surface area contributed by atoms with Crippen LogP contribution in [0.4, 0.5) is 0 Å².